The average Bonchev–Trinajstić information content (AvgIpc) is 3.19. The molecule has 1 heterocycles. The molecule has 1 atom stereocenters. The summed E-state index contributed by atoms with van der Waals surface area (Å²) in [5.41, 5.74) is 1.23. The number of anilines is 1. The van der Waals surface area contributed by atoms with E-state index in [0.717, 1.165) is 43.3 Å². The van der Waals surface area contributed by atoms with Crippen molar-refractivity contribution in [3.8, 4) is 5.75 Å². The highest BCUT2D eigenvalue weighted by atomic mass is 32.1. The molecule has 0 aliphatic carbocycles. The van der Waals surface area contributed by atoms with E-state index >= 15 is 0 Å². The van der Waals surface area contributed by atoms with Crippen molar-refractivity contribution in [1.82, 2.24) is 10.2 Å². The Kier molecular flexibility index (Phi) is 6.58. The van der Waals surface area contributed by atoms with Gasteiger partial charge in [0, 0.05) is 18.2 Å². The van der Waals surface area contributed by atoms with E-state index in [0.29, 0.717) is 11.7 Å². The molecule has 0 radical (unpaired) electrons. The second-order valence-electron chi connectivity index (χ2n) is 6.46. The second kappa shape index (κ2) is 9.10. The van der Waals surface area contributed by atoms with Crippen LogP contribution in [0.5, 0.6) is 5.75 Å². The molecule has 0 saturated carbocycles. The molecule has 2 aromatic rings. The van der Waals surface area contributed by atoms with E-state index in [1.807, 2.05) is 18.2 Å². The van der Waals surface area contributed by atoms with E-state index in [4.69, 9.17) is 17.0 Å². The Bertz CT molecular complexity index is 797. The van der Waals surface area contributed by atoms with E-state index in [1.54, 1.807) is 7.11 Å². The normalized spacial score (nSPS) is 15.4. The predicted octanol–water partition coefficient (Wildman–Crippen LogP) is 4.10. The monoisotopic (exact) mass is 391 g/mol. The van der Waals surface area contributed by atoms with Crippen molar-refractivity contribution in [2.45, 2.75) is 18.9 Å². The number of nitrogens with zero attached hydrogens (tertiary/aromatic N) is 1. The molecule has 27 heavy (non-hydrogen) atoms. The van der Waals surface area contributed by atoms with Crippen LogP contribution in [0.25, 0.3) is 0 Å². The highest BCUT2D eigenvalue weighted by molar-refractivity contribution is 7.80. The standard InChI is InChI=1S/C20H23F2N3OS/c1-26-19-7-3-2-6-15(19)18(25-10-4-5-11-25)13-23-20(27)24-17-9-8-14(21)12-16(17)22/h2-3,6-9,12,18H,4-5,10-11,13H2,1H3,(H2,23,24,27). The van der Waals surface area contributed by atoms with Crippen LogP contribution in [-0.2, 0) is 0 Å². The van der Waals surface area contributed by atoms with Gasteiger partial charge in [0.1, 0.15) is 17.4 Å². The highest BCUT2D eigenvalue weighted by Gasteiger charge is 2.26. The fraction of sp³-hybridized carbons (Fsp3) is 0.350. The minimum atomic E-state index is -0.681. The lowest BCUT2D eigenvalue weighted by molar-refractivity contribution is 0.240. The zero-order chi connectivity index (χ0) is 19.2. The molecule has 0 bridgehead atoms. The Morgan fingerprint density at radius 2 is 1.93 bits per heavy atom. The number of benzene rings is 2. The number of methoxy groups -OCH3 is 1. The van der Waals surface area contributed by atoms with Gasteiger partial charge in [-0.1, -0.05) is 18.2 Å². The Morgan fingerprint density at radius 3 is 2.63 bits per heavy atom. The van der Waals surface area contributed by atoms with Gasteiger partial charge in [-0.15, -0.1) is 0 Å². The predicted molar refractivity (Wildman–Crippen MR) is 107 cm³/mol. The van der Waals surface area contributed by atoms with Crippen molar-refractivity contribution in [2.75, 3.05) is 32.1 Å². The topological polar surface area (TPSA) is 36.5 Å². The molecule has 0 aromatic heterocycles. The number of hydrogen-bond donors (Lipinski definition) is 2. The van der Waals surface area contributed by atoms with Crippen molar-refractivity contribution in [2.24, 2.45) is 0 Å². The Balaban J connectivity index is 1.70. The number of hydrogen-bond acceptors (Lipinski definition) is 3. The van der Waals surface area contributed by atoms with Gasteiger partial charge in [0.15, 0.2) is 5.11 Å². The summed E-state index contributed by atoms with van der Waals surface area (Å²) in [7, 11) is 1.66. The minimum Gasteiger partial charge on any atom is -0.496 e. The molecule has 3 rings (SSSR count). The van der Waals surface area contributed by atoms with Crippen LogP contribution in [0.1, 0.15) is 24.4 Å². The molecule has 144 valence electrons. The maximum Gasteiger partial charge on any atom is 0.170 e. The zero-order valence-corrected chi connectivity index (χ0v) is 16.0. The van der Waals surface area contributed by atoms with Gasteiger partial charge in [-0.3, -0.25) is 4.90 Å². The molecule has 4 nitrogen and oxygen atoms in total. The molecule has 1 saturated heterocycles. The maximum atomic E-state index is 13.8. The third-order valence-electron chi connectivity index (χ3n) is 4.71. The zero-order valence-electron chi connectivity index (χ0n) is 15.2. The lowest BCUT2D eigenvalue weighted by Gasteiger charge is -2.29. The van der Waals surface area contributed by atoms with Gasteiger partial charge in [-0.2, -0.15) is 0 Å². The van der Waals surface area contributed by atoms with Crippen molar-refractivity contribution in [1.29, 1.82) is 0 Å². The first-order valence-corrected chi connectivity index (χ1v) is 9.36. The van der Waals surface area contributed by atoms with Gasteiger partial charge in [-0.25, -0.2) is 8.78 Å². The van der Waals surface area contributed by atoms with E-state index in [9.17, 15) is 8.78 Å². The van der Waals surface area contributed by atoms with Crippen molar-refractivity contribution < 1.29 is 13.5 Å². The number of rotatable bonds is 6. The Hall–Kier alpha value is -2.25. The Labute approximate surface area is 163 Å². The summed E-state index contributed by atoms with van der Waals surface area (Å²) in [6.45, 7) is 2.57. The SMILES string of the molecule is COc1ccccc1C(CNC(=S)Nc1ccc(F)cc1F)N1CCCC1. The summed E-state index contributed by atoms with van der Waals surface area (Å²) in [4.78, 5) is 2.39. The third-order valence-corrected chi connectivity index (χ3v) is 4.96. The van der Waals surface area contributed by atoms with Crippen LogP contribution >= 0.6 is 12.2 Å². The van der Waals surface area contributed by atoms with Gasteiger partial charge in [-0.05, 0) is 56.3 Å². The molecular formula is C20H23F2N3OS. The average molecular weight is 391 g/mol. The fourth-order valence-electron chi connectivity index (χ4n) is 3.38. The fourth-order valence-corrected chi connectivity index (χ4v) is 3.57. The van der Waals surface area contributed by atoms with Gasteiger partial charge < -0.3 is 15.4 Å². The number of para-hydroxylation sites is 1. The number of thiocarbonyl (C=S) groups is 1. The smallest absolute Gasteiger partial charge is 0.170 e. The first-order valence-electron chi connectivity index (χ1n) is 8.95. The van der Waals surface area contributed by atoms with Gasteiger partial charge in [0.05, 0.1) is 18.8 Å². The molecule has 0 amide bonds. The van der Waals surface area contributed by atoms with Crippen LogP contribution in [0, 0.1) is 11.6 Å². The number of halogens is 2. The molecule has 7 heteroatoms. The minimum absolute atomic E-state index is 0.0847. The van der Waals surface area contributed by atoms with Crippen LogP contribution in [0.2, 0.25) is 0 Å². The van der Waals surface area contributed by atoms with Crippen LogP contribution in [-0.4, -0.2) is 36.8 Å². The largest absolute Gasteiger partial charge is 0.496 e. The number of likely N-dealkylation sites (tertiary alicyclic amines) is 1. The molecule has 1 aliphatic heterocycles. The van der Waals surface area contributed by atoms with Crippen LogP contribution in [0.15, 0.2) is 42.5 Å². The maximum absolute atomic E-state index is 13.8. The molecule has 1 fully saturated rings. The first-order chi connectivity index (χ1) is 13.1. The van der Waals surface area contributed by atoms with Crippen molar-refractivity contribution >= 4 is 23.0 Å². The number of nitrogens with one attached hydrogen (secondary N) is 2. The summed E-state index contributed by atoms with van der Waals surface area (Å²) in [6, 6.07) is 11.4. The summed E-state index contributed by atoms with van der Waals surface area (Å²) in [6.07, 6.45) is 2.32. The van der Waals surface area contributed by atoms with Gasteiger partial charge in [0.25, 0.3) is 0 Å². The third kappa shape index (κ3) is 4.93. The molecule has 2 aromatic carbocycles. The van der Waals surface area contributed by atoms with Crippen molar-refractivity contribution in [3.63, 3.8) is 0 Å². The van der Waals surface area contributed by atoms with E-state index < -0.39 is 11.6 Å². The van der Waals surface area contributed by atoms with E-state index in [1.165, 1.54) is 12.1 Å². The van der Waals surface area contributed by atoms with Gasteiger partial charge in [0.2, 0.25) is 0 Å². The lowest BCUT2D eigenvalue weighted by Crippen LogP contribution is -2.38. The summed E-state index contributed by atoms with van der Waals surface area (Å²) in [5, 5.41) is 6.25. The van der Waals surface area contributed by atoms with Crippen LogP contribution in [0.4, 0.5) is 14.5 Å². The van der Waals surface area contributed by atoms with Crippen LogP contribution in [0.3, 0.4) is 0 Å². The molecule has 1 unspecified atom stereocenters. The molecule has 2 N–H and O–H groups in total. The highest BCUT2D eigenvalue weighted by Crippen LogP contribution is 2.31. The second-order valence-corrected chi connectivity index (χ2v) is 6.87. The Morgan fingerprint density at radius 1 is 1.19 bits per heavy atom. The molecule has 1 aliphatic rings. The van der Waals surface area contributed by atoms with E-state index in [-0.39, 0.29) is 11.7 Å². The van der Waals surface area contributed by atoms with Gasteiger partial charge >= 0.3 is 0 Å². The first kappa shape index (κ1) is 19.5. The summed E-state index contributed by atoms with van der Waals surface area (Å²) >= 11 is 5.30. The van der Waals surface area contributed by atoms with Crippen LogP contribution < -0.4 is 15.4 Å². The molecule has 0 spiro atoms. The quantitative estimate of drug-likeness (QED) is 0.725. The van der Waals surface area contributed by atoms with Crippen molar-refractivity contribution in [3.05, 3.63) is 59.7 Å². The number of ether oxygens (including phenoxy) is 1. The molecular weight excluding hydrogens is 368 g/mol. The van der Waals surface area contributed by atoms with E-state index in [2.05, 4.69) is 21.6 Å². The summed E-state index contributed by atoms with van der Waals surface area (Å²) in [5.74, 6) is -0.471. The summed E-state index contributed by atoms with van der Waals surface area (Å²) < 4.78 is 32.4. The lowest BCUT2D eigenvalue weighted by atomic mass is 10.0.